The molecule has 0 atom stereocenters. The Morgan fingerprint density at radius 3 is 1.90 bits per heavy atom. The maximum atomic E-state index is 10.9. The number of fused-ring (bicyclic) bond motifs is 4. The summed E-state index contributed by atoms with van der Waals surface area (Å²) in [6, 6.07) is 51.2. The molecule has 0 saturated heterocycles. The number of hydrogen-bond acceptors (Lipinski definition) is 3. The standard InChI is InChI=1S/C43H23N5/c44-24-31-40(27-10-3-1-4-11-27)45-42(28-12-5-2-6-13-28)46-43(31)48-34-22-19-25-14-9-17-33-36(25)38(34)39-35(48)23-20-26-18-21-30-29-15-7-8-16-32(29)47(33)41(30)37(26)39/h1-23H. The Kier molecular flexibility index (Phi) is 4.85. The second-order valence-electron chi connectivity index (χ2n) is 12.5. The summed E-state index contributed by atoms with van der Waals surface area (Å²) in [5.41, 5.74) is 8.42. The highest BCUT2D eigenvalue weighted by Gasteiger charge is 2.27. The summed E-state index contributed by atoms with van der Waals surface area (Å²) >= 11 is 0. The van der Waals surface area contributed by atoms with Crippen molar-refractivity contribution in [2.45, 2.75) is 0 Å². The fourth-order valence-electron chi connectivity index (χ4n) is 8.11. The molecule has 11 rings (SSSR count). The van der Waals surface area contributed by atoms with Gasteiger partial charge in [0, 0.05) is 43.4 Å². The van der Waals surface area contributed by atoms with Crippen LogP contribution in [0.15, 0.2) is 140 Å². The summed E-state index contributed by atoms with van der Waals surface area (Å²) in [6.07, 6.45) is 0. The van der Waals surface area contributed by atoms with E-state index in [2.05, 4.69) is 93.9 Å². The highest BCUT2D eigenvalue weighted by Crippen LogP contribution is 2.48. The highest BCUT2D eigenvalue weighted by molar-refractivity contribution is 6.37. The molecule has 0 aliphatic heterocycles. The lowest BCUT2D eigenvalue weighted by molar-refractivity contribution is 1.04. The maximum absolute atomic E-state index is 10.9. The van der Waals surface area contributed by atoms with Crippen molar-refractivity contribution in [3.8, 4) is 34.5 Å². The van der Waals surface area contributed by atoms with E-state index >= 15 is 0 Å². The molecule has 48 heavy (non-hydrogen) atoms. The van der Waals surface area contributed by atoms with Gasteiger partial charge in [0.25, 0.3) is 0 Å². The van der Waals surface area contributed by atoms with E-state index in [9.17, 15) is 5.26 Å². The van der Waals surface area contributed by atoms with Gasteiger partial charge in [-0.05, 0) is 35.0 Å². The average molecular weight is 610 g/mol. The van der Waals surface area contributed by atoms with Gasteiger partial charge in [-0.2, -0.15) is 5.26 Å². The molecule has 0 saturated carbocycles. The monoisotopic (exact) mass is 609 g/mol. The zero-order valence-corrected chi connectivity index (χ0v) is 25.5. The van der Waals surface area contributed by atoms with Crippen LogP contribution in [0.2, 0.25) is 0 Å². The van der Waals surface area contributed by atoms with Crippen LogP contribution >= 0.6 is 0 Å². The first kappa shape index (κ1) is 25.4. The first-order chi connectivity index (χ1) is 23.8. The van der Waals surface area contributed by atoms with Gasteiger partial charge >= 0.3 is 0 Å². The zero-order chi connectivity index (χ0) is 31.5. The Morgan fingerprint density at radius 1 is 0.479 bits per heavy atom. The Hall–Kier alpha value is -6.77. The predicted octanol–water partition coefficient (Wildman–Crippen LogP) is 10.5. The Morgan fingerprint density at radius 2 is 1.12 bits per heavy atom. The third-order valence-corrected chi connectivity index (χ3v) is 10.1. The van der Waals surface area contributed by atoms with E-state index in [1.165, 1.54) is 54.1 Å². The van der Waals surface area contributed by atoms with Crippen LogP contribution in [-0.4, -0.2) is 18.9 Å². The number of aromatic nitrogens is 4. The van der Waals surface area contributed by atoms with E-state index in [4.69, 9.17) is 9.97 Å². The predicted molar refractivity (Wildman–Crippen MR) is 195 cm³/mol. The molecule has 11 aromatic rings. The minimum atomic E-state index is 0.442. The molecule has 4 aromatic heterocycles. The molecule has 0 aliphatic carbocycles. The first-order valence-corrected chi connectivity index (χ1v) is 16.1. The van der Waals surface area contributed by atoms with Crippen molar-refractivity contribution in [1.29, 1.82) is 5.26 Å². The van der Waals surface area contributed by atoms with Gasteiger partial charge in [0.05, 0.1) is 33.3 Å². The van der Waals surface area contributed by atoms with E-state index in [0.29, 0.717) is 22.9 Å². The fourth-order valence-corrected chi connectivity index (χ4v) is 8.11. The third kappa shape index (κ3) is 3.14. The van der Waals surface area contributed by atoms with Gasteiger partial charge in [0.15, 0.2) is 11.6 Å². The van der Waals surface area contributed by atoms with Gasteiger partial charge in [0.1, 0.15) is 11.6 Å². The molecule has 0 aliphatic rings. The van der Waals surface area contributed by atoms with E-state index < -0.39 is 0 Å². The van der Waals surface area contributed by atoms with E-state index in [1.54, 1.807) is 0 Å². The van der Waals surface area contributed by atoms with Crippen LogP contribution in [0.4, 0.5) is 0 Å². The molecule has 0 amide bonds. The lowest BCUT2D eigenvalue weighted by Crippen LogP contribution is -2.07. The molecule has 0 spiro atoms. The van der Waals surface area contributed by atoms with Crippen LogP contribution in [0, 0.1) is 11.3 Å². The number of rotatable bonds is 3. The van der Waals surface area contributed by atoms with Crippen molar-refractivity contribution in [1.82, 2.24) is 18.9 Å². The molecule has 4 heterocycles. The summed E-state index contributed by atoms with van der Waals surface area (Å²) in [5, 5.41) is 20.5. The minimum Gasteiger partial charge on any atom is -0.308 e. The smallest absolute Gasteiger partial charge is 0.162 e. The van der Waals surface area contributed by atoms with Crippen LogP contribution < -0.4 is 0 Å². The SMILES string of the molecule is N#Cc1c(-c2ccccc2)nc(-c2ccccc2)nc1-n1c2ccc3cccc4c3c2c2c3c(ccc5c6ccccc6n4c53)ccc21. The van der Waals surface area contributed by atoms with E-state index in [1.807, 2.05) is 60.7 Å². The average Bonchev–Trinajstić information content (AvgIpc) is 3.63. The molecule has 5 heteroatoms. The quantitative estimate of drug-likeness (QED) is 0.200. The highest BCUT2D eigenvalue weighted by atomic mass is 15.1. The molecule has 0 N–H and O–H groups in total. The normalized spacial score (nSPS) is 12.1. The number of nitrogens with zero attached hydrogens (tertiary/aromatic N) is 5. The van der Waals surface area contributed by atoms with Gasteiger partial charge < -0.3 is 4.40 Å². The number of hydrogen-bond donors (Lipinski definition) is 0. The molecule has 5 nitrogen and oxygen atoms in total. The van der Waals surface area contributed by atoms with Crippen molar-refractivity contribution in [2.75, 3.05) is 0 Å². The molecule has 7 aromatic carbocycles. The van der Waals surface area contributed by atoms with Gasteiger partial charge in [-0.3, -0.25) is 4.57 Å². The third-order valence-electron chi connectivity index (χ3n) is 10.1. The van der Waals surface area contributed by atoms with E-state index in [0.717, 1.165) is 27.7 Å². The summed E-state index contributed by atoms with van der Waals surface area (Å²) in [6.45, 7) is 0. The number of nitriles is 1. The van der Waals surface area contributed by atoms with Gasteiger partial charge in [-0.15, -0.1) is 0 Å². The van der Waals surface area contributed by atoms with E-state index in [-0.39, 0.29) is 0 Å². The number of benzene rings is 7. The first-order valence-electron chi connectivity index (χ1n) is 16.1. The lowest BCUT2D eigenvalue weighted by atomic mass is 9.98. The molecular weight excluding hydrogens is 587 g/mol. The molecule has 220 valence electrons. The summed E-state index contributed by atoms with van der Waals surface area (Å²) < 4.78 is 4.67. The van der Waals surface area contributed by atoms with Gasteiger partial charge in [-0.1, -0.05) is 115 Å². The second-order valence-corrected chi connectivity index (χ2v) is 12.5. The minimum absolute atomic E-state index is 0.442. The fraction of sp³-hybridized carbons (Fsp3) is 0. The molecular formula is C43H23N5. The molecule has 0 bridgehead atoms. The Labute approximate surface area is 273 Å². The topological polar surface area (TPSA) is 58.9 Å². The Bertz CT molecular complexity index is 3110. The van der Waals surface area contributed by atoms with Crippen LogP contribution in [0.5, 0.6) is 0 Å². The van der Waals surface area contributed by atoms with Crippen LogP contribution in [0.3, 0.4) is 0 Å². The largest absolute Gasteiger partial charge is 0.308 e. The van der Waals surface area contributed by atoms with Crippen LogP contribution in [0.1, 0.15) is 5.56 Å². The van der Waals surface area contributed by atoms with Crippen LogP contribution in [0.25, 0.3) is 99.1 Å². The maximum Gasteiger partial charge on any atom is 0.162 e. The number of para-hydroxylation sites is 1. The van der Waals surface area contributed by atoms with Crippen molar-refractivity contribution in [3.63, 3.8) is 0 Å². The van der Waals surface area contributed by atoms with Crippen LogP contribution in [-0.2, 0) is 0 Å². The molecule has 0 unspecified atom stereocenters. The van der Waals surface area contributed by atoms with Crippen molar-refractivity contribution >= 4 is 70.7 Å². The Balaban J connectivity index is 1.40. The van der Waals surface area contributed by atoms with Gasteiger partial charge in [-0.25, -0.2) is 9.97 Å². The molecule has 0 radical (unpaired) electrons. The second kappa shape index (κ2) is 9.16. The zero-order valence-electron chi connectivity index (χ0n) is 25.5. The van der Waals surface area contributed by atoms with Crippen molar-refractivity contribution in [3.05, 3.63) is 145 Å². The van der Waals surface area contributed by atoms with Crippen molar-refractivity contribution in [2.24, 2.45) is 0 Å². The summed E-state index contributed by atoms with van der Waals surface area (Å²) in [5.74, 6) is 1.16. The summed E-state index contributed by atoms with van der Waals surface area (Å²) in [4.78, 5) is 10.3. The van der Waals surface area contributed by atoms with Crippen molar-refractivity contribution < 1.29 is 0 Å². The lowest BCUT2D eigenvalue weighted by Gasteiger charge is -2.15. The van der Waals surface area contributed by atoms with Gasteiger partial charge in [0.2, 0.25) is 0 Å². The molecule has 0 fully saturated rings. The summed E-state index contributed by atoms with van der Waals surface area (Å²) in [7, 11) is 0.